The molecule has 0 rings (SSSR count). The summed E-state index contributed by atoms with van der Waals surface area (Å²) in [5, 5.41) is 0. The Hall–Kier alpha value is -0.270. The lowest BCUT2D eigenvalue weighted by Gasteiger charge is -2.07. The first kappa shape index (κ1) is 15.2. The highest BCUT2D eigenvalue weighted by Crippen LogP contribution is 2.42. The summed E-state index contributed by atoms with van der Waals surface area (Å²) in [4.78, 5) is 8.63. The van der Waals surface area contributed by atoms with Crippen LogP contribution in [0.15, 0.2) is 0 Å². The topological polar surface area (TPSA) is 107 Å². The van der Waals surface area contributed by atoms with Gasteiger partial charge in [0, 0.05) is 0 Å². The number of phosphoric ester groups is 1. The highest BCUT2D eigenvalue weighted by molar-refractivity contribution is 7.59. The summed E-state index contributed by atoms with van der Waals surface area (Å²) in [5.74, 6) is 0. The number of phosphoric acid groups is 1. The van der Waals surface area contributed by atoms with E-state index in [1.807, 2.05) is 0 Å². The third-order valence-electron chi connectivity index (χ3n) is 0.584. The van der Waals surface area contributed by atoms with E-state index in [0.29, 0.717) is 0 Å². The summed E-state index contributed by atoms with van der Waals surface area (Å²) in [5.41, 5.74) is 0. The molecule has 0 amide bonds. The van der Waals surface area contributed by atoms with Crippen molar-refractivity contribution in [2.24, 2.45) is 0 Å². The van der Waals surface area contributed by atoms with Gasteiger partial charge < -0.3 is 4.89 Å². The van der Waals surface area contributed by atoms with E-state index in [1.54, 1.807) is 13.8 Å². The third kappa shape index (κ3) is 18.6. The zero-order valence-corrected chi connectivity index (χ0v) is 8.88. The molecular formula is C4H11O7PS. The molecule has 0 aromatic carbocycles. The second-order valence-corrected chi connectivity index (χ2v) is 3.37. The first-order valence-electron chi connectivity index (χ1n) is 3.24. The van der Waals surface area contributed by atoms with Crippen LogP contribution in [0.2, 0.25) is 0 Å². The lowest BCUT2D eigenvalue weighted by Crippen LogP contribution is -1.93. The van der Waals surface area contributed by atoms with Gasteiger partial charge in [-0.15, -0.1) is 12.6 Å². The lowest BCUT2D eigenvalue weighted by atomic mass is 10.9. The van der Waals surface area contributed by atoms with Crippen molar-refractivity contribution in [3.63, 3.8) is 0 Å². The average molecular weight is 234 g/mol. The molecule has 0 aromatic heterocycles. The van der Waals surface area contributed by atoms with Gasteiger partial charge in [-0.25, -0.2) is 4.57 Å². The monoisotopic (exact) mass is 234 g/mol. The van der Waals surface area contributed by atoms with Gasteiger partial charge in [-0.3, -0.25) is 9.05 Å². The molecule has 0 unspecified atom stereocenters. The normalized spacial score (nSPS) is 10.1. The van der Waals surface area contributed by atoms with Crippen LogP contribution in [0.3, 0.4) is 0 Å². The lowest BCUT2D eigenvalue weighted by molar-refractivity contribution is 0.161. The van der Waals surface area contributed by atoms with E-state index >= 15 is 0 Å². The highest BCUT2D eigenvalue weighted by atomic mass is 32.2. The Kier molecular flexibility index (Phi) is 9.75. The number of hydrogen-bond acceptors (Lipinski definition) is 6. The van der Waals surface area contributed by atoms with E-state index in [9.17, 15) is 4.57 Å². The van der Waals surface area contributed by atoms with E-state index < -0.39 is 18.4 Å². The van der Waals surface area contributed by atoms with Crippen LogP contribution in [0.4, 0.5) is 0 Å². The molecule has 9 heteroatoms. The largest absolute Gasteiger partial charge is 0.472 e. The molecule has 80 valence electrons. The van der Waals surface area contributed by atoms with Crippen molar-refractivity contribution < 1.29 is 31.1 Å². The molecule has 0 fully saturated rings. The molecule has 0 radical (unpaired) electrons. The molecule has 0 saturated heterocycles. The molecular weight excluding hydrogens is 223 g/mol. The predicted molar refractivity (Wildman–Crippen MR) is 42.8 cm³/mol. The molecule has 0 aliphatic carbocycles. The van der Waals surface area contributed by atoms with Crippen molar-refractivity contribution in [2.75, 3.05) is 13.2 Å². The molecule has 0 heterocycles. The molecule has 0 bridgehead atoms. The van der Waals surface area contributed by atoms with Crippen LogP contribution < -0.4 is 0 Å². The SMILES string of the molecule is CCOP(=O)(O)OCC.O=S(=O)=O. The van der Waals surface area contributed by atoms with E-state index in [2.05, 4.69) is 9.05 Å². The Morgan fingerprint density at radius 1 is 1.15 bits per heavy atom. The van der Waals surface area contributed by atoms with Gasteiger partial charge in [-0.1, -0.05) is 0 Å². The van der Waals surface area contributed by atoms with Gasteiger partial charge in [0.25, 0.3) is 0 Å². The van der Waals surface area contributed by atoms with Crippen LogP contribution in [0.5, 0.6) is 0 Å². The van der Waals surface area contributed by atoms with Crippen molar-refractivity contribution in [1.82, 2.24) is 0 Å². The fourth-order valence-corrected chi connectivity index (χ4v) is 1.09. The van der Waals surface area contributed by atoms with Crippen LogP contribution in [0, 0.1) is 0 Å². The molecule has 0 aliphatic rings. The smallest absolute Gasteiger partial charge is 0.302 e. The summed E-state index contributed by atoms with van der Waals surface area (Å²) in [6.07, 6.45) is 0. The Morgan fingerprint density at radius 3 is 1.54 bits per heavy atom. The van der Waals surface area contributed by atoms with E-state index in [0.717, 1.165) is 0 Å². The summed E-state index contributed by atoms with van der Waals surface area (Å²) >= 11 is 0. The Balaban J connectivity index is 0. The summed E-state index contributed by atoms with van der Waals surface area (Å²) in [6, 6.07) is 0. The zero-order chi connectivity index (χ0) is 10.9. The van der Waals surface area contributed by atoms with Crippen LogP contribution >= 0.6 is 7.82 Å². The minimum absolute atomic E-state index is 0.188. The molecule has 0 aromatic rings. The first-order chi connectivity index (χ1) is 5.85. The number of rotatable bonds is 4. The van der Waals surface area contributed by atoms with Gasteiger partial charge in [0.1, 0.15) is 0 Å². The van der Waals surface area contributed by atoms with Gasteiger partial charge in [0.2, 0.25) is 0 Å². The van der Waals surface area contributed by atoms with Crippen molar-refractivity contribution >= 4 is 18.4 Å². The van der Waals surface area contributed by atoms with Crippen molar-refractivity contribution in [2.45, 2.75) is 13.8 Å². The van der Waals surface area contributed by atoms with Crippen LogP contribution in [-0.4, -0.2) is 30.7 Å². The van der Waals surface area contributed by atoms with Gasteiger partial charge in [0.05, 0.1) is 13.2 Å². The van der Waals surface area contributed by atoms with Crippen LogP contribution in [-0.2, 0) is 24.2 Å². The van der Waals surface area contributed by atoms with Gasteiger partial charge in [0.15, 0.2) is 0 Å². The standard InChI is InChI=1S/C4H11O4P.O3S/c1-3-7-9(5,6)8-4-2;1-4(2)3/h3-4H2,1-2H3,(H,5,6);. The Bertz CT molecular complexity index is 238. The summed E-state index contributed by atoms with van der Waals surface area (Å²) in [6.45, 7) is 3.63. The number of hydrogen-bond donors (Lipinski definition) is 1. The fraction of sp³-hybridized carbons (Fsp3) is 1.00. The van der Waals surface area contributed by atoms with Gasteiger partial charge in [-0.2, -0.15) is 0 Å². The minimum atomic E-state index is -3.69. The maximum Gasteiger partial charge on any atom is 0.472 e. The molecule has 0 saturated carbocycles. The molecule has 7 nitrogen and oxygen atoms in total. The quantitative estimate of drug-likeness (QED) is 0.690. The van der Waals surface area contributed by atoms with Gasteiger partial charge >= 0.3 is 18.4 Å². The Morgan fingerprint density at radius 2 is 1.38 bits per heavy atom. The third-order valence-corrected chi connectivity index (χ3v) is 1.75. The van der Waals surface area contributed by atoms with Crippen molar-refractivity contribution in [1.29, 1.82) is 0 Å². The zero-order valence-electron chi connectivity index (χ0n) is 7.17. The van der Waals surface area contributed by atoms with Crippen molar-refractivity contribution in [3.05, 3.63) is 0 Å². The van der Waals surface area contributed by atoms with E-state index in [4.69, 9.17) is 17.5 Å². The summed E-state index contributed by atoms with van der Waals surface area (Å²) in [7, 11) is -6.80. The Labute approximate surface area is 77.4 Å². The van der Waals surface area contributed by atoms with Crippen molar-refractivity contribution in [3.8, 4) is 0 Å². The second-order valence-electron chi connectivity index (χ2n) is 1.51. The minimum Gasteiger partial charge on any atom is -0.302 e. The van der Waals surface area contributed by atoms with Crippen LogP contribution in [0.25, 0.3) is 0 Å². The molecule has 1 N–H and O–H groups in total. The molecule has 0 atom stereocenters. The second kappa shape index (κ2) is 8.33. The fourth-order valence-electron chi connectivity index (χ4n) is 0.364. The summed E-state index contributed by atoms with van der Waals surface area (Å²) < 4.78 is 44.6. The van der Waals surface area contributed by atoms with E-state index in [-0.39, 0.29) is 13.2 Å². The average Bonchev–Trinajstić information content (AvgIpc) is 1.84. The van der Waals surface area contributed by atoms with Gasteiger partial charge in [-0.05, 0) is 13.8 Å². The first-order valence-corrected chi connectivity index (χ1v) is 5.73. The van der Waals surface area contributed by atoms with Crippen LogP contribution in [0.1, 0.15) is 13.8 Å². The molecule has 0 aliphatic heterocycles. The maximum atomic E-state index is 10.5. The predicted octanol–water partition coefficient (Wildman–Crippen LogP) is 0.156. The molecule has 13 heavy (non-hydrogen) atoms. The highest BCUT2D eigenvalue weighted by Gasteiger charge is 2.17. The molecule has 0 spiro atoms. The maximum absolute atomic E-state index is 10.5. The van der Waals surface area contributed by atoms with E-state index in [1.165, 1.54) is 0 Å².